The fourth-order valence-electron chi connectivity index (χ4n) is 3.10. The van der Waals surface area contributed by atoms with E-state index in [0.29, 0.717) is 22.7 Å². The predicted octanol–water partition coefficient (Wildman–Crippen LogP) is 4.42. The van der Waals surface area contributed by atoms with E-state index < -0.39 is 17.8 Å². The van der Waals surface area contributed by atoms with Gasteiger partial charge in [0.25, 0.3) is 11.8 Å². The quantitative estimate of drug-likeness (QED) is 0.547. The average molecular weight is 443 g/mol. The summed E-state index contributed by atoms with van der Waals surface area (Å²) in [5.41, 5.74) is 2.56. The maximum Gasteiger partial charge on any atom is 0.335 e. The molecule has 8 heteroatoms. The zero-order chi connectivity index (χ0) is 22.9. The number of rotatable bonds is 5. The molecule has 162 valence electrons. The molecule has 0 spiro atoms. The summed E-state index contributed by atoms with van der Waals surface area (Å²) in [6, 6.07) is 7.55. The van der Waals surface area contributed by atoms with Gasteiger partial charge in [-0.25, -0.2) is 9.69 Å². The Morgan fingerprint density at radius 3 is 2.39 bits per heavy atom. The molecule has 1 aliphatic heterocycles. The van der Waals surface area contributed by atoms with Crippen LogP contribution >= 0.6 is 11.6 Å². The molecule has 0 bridgehead atoms. The third-order valence-electron chi connectivity index (χ3n) is 4.77. The van der Waals surface area contributed by atoms with E-state index >= 15 is 0 Å². The van der Waals surface area contributed by atoms with E-state index in [4.69, 9.17) is 21.1 Å². The molecule has 31 heavy (non-hydrogen) atoms. The molecule has 1 N–H and O–H groups in total. The molecule has 4 amide bonds. The van der Waals surface area contributed by atoms with Crippen molar-refractivity contribution in [1.29, 1.82) is 0 Å². The number of ether oxygens (including phenoxy) is 2. The lowest BCUT2D eigenvalue weighted by Gasteiger charge is -2.27. The normalized spacial score (nSPS) is 15.5. The molecule has 1 fully saturated rings. The van der Waals surface area contributed by atoms with Gasteiger partial charge in [0.05, 0.1) is 23.9 Å². The number of imide groups is 2. The summed E-state index contributed by atoms with van der Waals surface area (Å²) in [4.78, 5) is 38.9. The minimum absolute atomic E-state index is 0.126. The Kier molecular flexibility index (Phi) is 6.36. The number of halogens is 1. The second-order valence-electron chi connectivity index (χ2n) is 7.43. The first-order valence-corrected chi connectivity index (χ1v) is 10.0. The molecule has 3 rings (SSSR count). The standard InChI is InChI=1S/C23H23ClN2O5/c1-12(2)31-20-18(24)10-15(11-19(20)30-5)9-17-21(27)25-23(29)26(22(17)28)16-7-6-13(3)14(4)8-16/h6-12H,1-5H3,(H,25,27,29)/b17-9+. The summed E-state index contributed by atoms with van der Waals surface area (Å²) in [5, 5.41) is 2.48. The fourth-order valence-corrected chi connectivity index (χ4v) is 3.36. The first-order chi connectivity index (χ1) is 14.6. The summed E-state index contributed by atoms with van der Waals surface area (Å²) in [5.74, 6) is -0.784. The Morgan fingerprint density at radius 2 is 1.77 bits per heavy atom. The van der Waals surface area contributed by atoms with Gasteiger partial charge in [-0.2, -0.15) is 0 Å². The molecule has 0 atom stereocenters. The molecule has 1 saturated heterocycles. The predicted molar refractivity (Wildman–Crippen MR) is 119 cm³/mol. The number of benzene rings is 2. The molecule has 0 aliphatic carbocycles. The van der Waals surface area contributed by atoms with Gasteiger partial charge < -0.3 is 9.47 Å². The van der Waals surface area contributed by atoms with Crippen LogP contribution in [0.25, 0.3) is 6.08 Å². The highest BCUT2D eigenvalue weighted by atomic mass is 35.5. The zero-order valence-electron chi connectivity index (χ0n) is 17.9. The van der Waals surface area contributed by atoms with Gasteiger partial charge >= 0.3 is 6.03 Å². The summed E-state index contributed by atoms with van der Waals surface area (Å²) < 4.78 is 11.0. The molecule has 7 nitrogen and oxygen atoms in total. The molecule has 0 unspecified atom stereocenters. The van der Waals surface area contributed by atoms with E-state index in [9.17, 15) is 14.4 Å². The van der Waals surface area contributed by atoms with Crippen LogP contribution in [0, 0.1) is 13.8 Å². The second kappa shape index (κ2) is 8.81. The van der Waals surface area contributed by atoms with Gasteiger partial charge in [-0.15, -0.1) is 0 Å². The molecular formula is C23H23ClN2O5. The van der Waals surface area contributed by atoms with Gasteiger partial charge in [0, 0.05) is 0 Å². The number of barbiturate groups is 1. The minimum Gasteiger partial charge on any atom is -0.493 e. The summed E-state index contributed by atoms with van der Waals surface area (Å²) in [7, 11) is 1.47. The summed E-state index contributed by atoms with van der Waals surface area (Å²) in [6.45, 7) is 7.52. The SMILES string of the molecule is COc1cc(/C=C2\C(=O)NC(=O)N(c3ccc(C)c(C)c3)C2=O)cc(Cl)c1OC(C)C. The van der Waals surface area contributed by atoms with Gasteiger partial charge in [-0.3, -0.25) is 14.9 Å². The van der Waals surface area contributed by atoms with E-state index in [1.54, 1.807) is 24.3 Å². The third kappa shape index (κ3) is 4.56. The van der Waals surface area contributed by atoms with Gasteiger partial charge in [0.15, 0.2) is 11.5 Å². The summed E-state index contributed by atoms with van der Waals surface area (Å²) >= 11 is 6.34. The van der Waals surface area contributed by atoms with Crippen molar-refractivity contribution in [3.05, 3.63) is 57.6 Å². The third-order valence-corrected chi connectivity index (χ3v) is 5.05. The van der Waals surface area contributed by atoms with Crippen LogP contribution in [0.15, 0.2) is 35.9 Å². The van der Waals surface area contributed by atoms with E-state index in [2.05, 4.69) is 5.32 Å². The smallest absolute Gasteiger partial charge is 0.335 e. The maximum atomic E-state index is 13.1. The first-order valence-electron chi connectivity index (χ1n) is 9.65. The van der Waals surface area contributed by atoms with Gasteiger partial charge in [-0.05, 0) is 74.7 Å². The highest BCUT2D eigenvalue weighted by molar-refractivity contribution is 6.39. The average Bonchev–Trinajstić information content (AvgIpc) is 2.69. The summed E-state index contributed by atoms with van der Waals surface area (Å²) in [6.07, 6.45) is 1.24. The lowest BCUT2D eigenvalue weighted by atomic mass is 10.0. The second-order valence-corrected chi connectivity index (χ2v) is 7.83. The Hall–Kier alpha value is -3.32. The molecule has 0 aromatic heterocycles. The van der Waals surface area contributed by atoms with Crippen molar-refractivity contribution in [3.63, 3.8) is 0 Å². The van der Waals surface area contributed by atoms with E-state index in [-0.39, 0.29) is 16.7 Å². The van der Waals surface area contributed by atoms with E-state index in [0.717, 1.165) is 16.0 Å². The molecule has 1 heterocycles. The van der Waals surface area contributed by atoms with Crippen LogP contribution in [0.1, 0.15) is 30.5 Å². The number of nitrogens with zero attached hydrogens (tertiary/aromatic N) is 1. The van der Waals surface area contributed by atoms with Crippen LogP contribution in [-0.2, 0) is 9.59 Å². The monoisotopic (exact) mass is 442 g/mol. The lowest BCUT2D eigenvalue weighted by molar-refractivity contribution is -0.122. The van der Waals surface area contributed by atoms with Crippen molar-refractivity contribution in [1.82, 2.24) is 5.32 Å². The fraction of sp³-hybridized carbons (Fsp3) is 0.261. The number of nitrogens with one attached hydrogen (secondary N) is 1. The van der Waals surface area contributed by atoms with Gasteiger partial charge in [0.2, 0.25) is 0 Å². The number of carbonyl (C=O) groups excluding carboxylic acids is 3. The Balaban J connectivity index is 2.03. The largest absolute Gasteiger partial charge is 0.493 e. The highest BCUT2D eigenvalue weighted by Gasteiger charge is 2.37. The lowest BCUT2D eigenvalue weighted by Crippen LogP contribution is -2.54. The van der Waals surface area contributed by atoms with Gasteiger partial charge in [0.1, 0.15) is 5.57 Å². The van der Waals surface area contributed by atoms with Crippen molar-refractivity contribution in [2.45, 2.75) is 33.8 Å². The number of aryl methyl sites for hydroxylation is 2. The highest BCUT2D eigenvalue weighted by Crippen LogP contribution is 2.38. The number of urea groups is 1. The molecule has 2 aromatic carbocycles. The Labute approximate surface area is 185 Å². The van der Waals surface area contributed by atoms with Crippen LogP contribution < -0.4 is 19.7 Å². The Morgan fingerprint density at radius 1 is 1.06 bits per heavy atom. The number of hydrogen-bond donors (Lipinski definition) is 1. The molecule has 1 aliphatic rings. The molecular weight excluding hydrogens is 420 g/mol. The number of hydrogen-bond acceptors (Lipinski definition) is 5. The Bertz CT molecular complexity index is 1110. The molecule has 2 aromatic rings. The van der Waals surface area contributed by atoms with Crippen LogP contribution in [0.3, 0.4) is 0 Å². The maximum absolute atomic E-state index is 13.1. The van der Waals surface area contributed by atoms with E-state index in [1.807, 2.05) is 33.8 Å². The molecule has 0 saturated carbocycles. The van der Waals surface area contributed by atoms with Crippen LogP contribution in [0.4, 0.5) is 10.5 Å². The van der Waals surface area contributed by atoms with Crippen molar-refractivity contribution >= 4 is 41.2 Å². The van der Waals surface area contributed by atoms with Crippen LogP contribution in [0.5, 0.6) is 11.5 Å². The van der Waals surface area contributed by atoms with Crippen molar-refractivity contribution in [2.75, 3.05) is 12.0 Å². The van der Waals surface area contributed by atoms with Crippen LogP contribution in [0.2, 0.25) is 5.02 Å². The molecule has 0 radical (unpaired) electrons. The number of carbonyl (C=O) groups is 3. The minimum atomic E-state index is -0.799. The van der Waals surface area contributed by atoms with Crippen molar-refractivity contribution in [3.8, 4) is 11.5 Å². The van der Waals surface area contributed by atoms with Crippen molar-refractivity contribution < 1.29 is 23.9 Å². The van der Waals surface area contributed by atoms with Gasteiger partial charge in [-0.1, -0.05) is 17.7 Å². The number of methoxy groups -OCH3 is 1. The van der Waals surface area contributed by atoms with Crippen molar-refractivity contribution in [2.24, 2.45) is 0 Å². The zero-order valence-corrected chi connectivity index (χ0v) is 18.7. The van der Waals surface area contributed by atoms with Crippen LogP contribution in [-0.4, -0.2) is 31.1 Å². The number of amides is 4. The topological polar surface area (TPSA) is 84.9 Å². The number of anilines is 1. The van der Waals surface area contributed by atoms with E-state index in [1.165, 1.54) is 13.2 Å². The first kappa shape index (κ1) is 22.4.